The second kappa shape index (κ2) is 5.16. The first-order valence-corrected chi connectivity index (χ1v) is 8.25. The van der Waals surface area contributed by atoms with Crippen molar-refractivity contribution < 1.29 is 4.92 Å². The molecule has 0 saturated heterocycles. The smallest absolute Gasteiger partial charge is 0.276 e. The maximum absolute atomic E-state index is 11.5. The molecule has 3 aromatic rings. The zero-order valence-electron chi connectivity index (χ0n) is 14.1. The maximum atomic E-state index is 11.5. The Balaban J connectivity index is 2.35. The lowest BCUT2D eigenvalue weighted by molar-refractivity contribution is -0.386. The Bertz CT molecular complexity index is 967. The molecule has 0 radical (unpaired) electrons. The monoisotopic (exact) mass is 329 g/mol. The largest absolute Gasteiger partial charge is 0.294 e. The van der Waals surface area contributed by atoms with E-state index >= 15 is 0 Å². The van der Waals surface area contributed by atoms with Crippen LogP contribution < -0.4 is 0 Å². The molecule has 0 fully saturated rings. The molecular weight excluding hydrogens is 310 g/mol. The fraction of sp³-hybridized carbons (Fsp3) is 0.353. The van der Waals surface area contributed by atoms with Gasteiger partial charge in [-0.05, 0) is 52.7 Å². The van der Waals surface area contributed by atoms with Crippen LogP contribution in [-0.4, -0.2) is 14.3 Å². The van der Waals surface area contributed by atoms with E-state index < -0.39 is 0 Å². The number of nitro groups is 1. The summed E-state index contributed by atoms with van der Waals surface area (Å²) in [7, 11) is 0. The topological polar surface area (TPSA) is 60.4 Å². The number of fused-ring (bicyclic) bond motifs is 1. The van der Waals surface area contributed by atoms with Gasteiger partial charge in [0.25, 0.3) is 5.69 Å². The number of thiazole rings is 1. The van der Waals surface area contributed by atoms with E-state index in [0.717, 1.165) is 38.6 Å². The Morgan fingerprint density at radius 3 is 2.26 bits per heavy atom. The number of benzene rings is 1. The number of aromatic nitrogens is 2. The van der Waals surface area contributed by atoms with Gasteiger partial charge in [-0.2, -0.15) is 0 Å². The Morgan fingerprint density at radius 1 is 1.04 bits per heavy atom. The van der Waals surface area contributed by atoms with E-state index in [-0.39, 0.29) is 10.6 Å². The molecule has 0 aliphatic heterocycles. The van der Waals surface area contributed by atoms with E-state index in [1.54, 1.807) is 11.3 Å². The van der Waals surface area contributed by atoms with Gasteiger partial charge < -0.3 is 0 Å². The molecule has 1 aromatic carbocycles. The number of imidazole rings is 1. The summed E-state index contributed by atoms with van der Waals surface area (Å²) >= 11 is 1.64. The lowest BCUT2D eigenvalue weighted by Gasteiger charge is -2.14. The van der Waals surface area contributed by atoms with Gasteiger partial charge in [-0.3, -0.25) is 14.5 Å². The van der Waals surface area contributed by atoms with Crippen LogP contribution in [0.5, 0.6) is 0 Å². The quantitative estimate of drug-likeness (QED) is 0.500. The summed E-state index contributed by atoms with van der Waals surface area (Å²) in [6.07, 6.45) is 1.99. The van der Waals surface area contributed by atoms with Crippen LogP contribution in [0.3, 0.4) is 0 Å². The highest BCUT2D eigenvalue weighted by atomic mass is 32.1. The standard InChI is InChI=1S/C17H19N3O2S/c1-8-9(2)15(11(4)16(10(8)3)20(21)22)14-7-19-12(5)13(6)23-17(19)18-14/h7H,1-6H3. The van der Waals surface area contributed by atoms with Crippen molar-refractivity contribution >= 4 is 22.0 Å². The van der Waals surface area contributed by atoms with Gasteiger partial charge in [0, 0.05) is 33.5 Å². The molecule has 0 aliphatic carbocycles. The second-order valence-corrected chi connectivity index (χ2v) is 7.18. The van der Waals surface area contributed by atoms with E-state index in [1.165, 1.54) is 4.88 Å². The number of hydrogen-bond acceptors (Lipinski definition) is 4. The fourth-order valence-corrected chi connectivity index (χ4v) is 4.11. The zero-order valence-corrected chi connectivity index (χ0v) is 15.0. The predicted molar refractivity (Wildman–Crippen MR) is 93.6 cm³/mol. The zero-order chi connectivity index (χ0) is 17.0. The minimum absolute atomic E-state index is 0.201. The molecule has 0 spiro atoms. The van der Waals surface area contributed by atoms with E-state index in [4.69, 9.17) is 4.98 Å². The summed E-state index contributed by atoms with van der Waals surface area (Å²) in [5, 5.41) is 11.5. The van der Waals surface area contributed by atoms with Crippen molar-refractivity contribution in [2.75, 3.05) is 0 Å². The summed E-state index contributed by atoms with van der Waals surface area (Å²) in [5.41, 5.74) is 6.50. The van der Waals surface area contributed by atoms with E-state index in [1.807, 2.05) is 33.9 Å². The highest BCUT2D eigenvalue weighted by Crippen LogP contribution is 2.38. The van der Waals surface area contributed by atoms with Crippen LogP contribution in [0.15, 0.2) is 6.20 Å². The van der Waals surface area contributed by atoms with Gasteiger partial charge in [-0.25, -0.2) is 4.98 Å². The molecule has 120 valence electrons. The predicted octanol–water partition coefficient (Wildman–Crippen LogP) is 4.82. The Kier molecular flexibility index (Phi) is 3.52. The molecule has 2 aromatic heterocycles. The van der Waals surface area contributed by atoms with Crippen LogP contribution in [0.4, 0.5) is 5.69 Å². The van der Waals surface area contributed by atoms with Crippen molar-refractivity contribution in [2.24, 2.45) is 0 Å². The molecule has 6 heteroatoms. The number of hydrogen-bond donors (Lipinski definition) is 0. The van der Waals surface area contributed by atoms with Gasteiger partial charge in [0.1, 0.15) is 0 Å². The minimum Gasteiger partial charge on any atom is -0.294 e. The van der Waals surface area contributed by atoms with Crippen LogP contribution in [0.1, 0.15) is 32.8 Å². The van der Waals surface area contributed by atoms with Crippen molar-refractivity contribution in [3.8, 4) is 11.3 Å². The number of nitrogens with zero attached hydrogens (tertiary/aromatic N) is 3. The van der Waals surface area contributed by atoms with E-state index in [9.17, 15) is 10.1 Å². The van der Waals surface area contributed by atoms with Crippen molar-refractivity contribution in [1.82, 2.24) is 9.38 Å². The molecule has 3 rings (SSSR count). The summed E-state index contributed by atoms with van der Waals surface area (Å²) in [6.45, 7) is 11.7. The number of aryl methyl sites for hydroxylation is 2. The van der Waals surface area contributed by atoms with Crippen molar-refractivity contribution in [3.05, 3.63) is 49.1 Å². The minimum atomic E-state index is -0.283. The van der Waals surface area contributed by atoms with Crippen molar-refractivity contribution in [1.29, 1.82) is 0 Å². The average molecular weight is 329 g/mol. The first-order valence-electron chi connectivity index (χ1n) is 7.44. The van der Waals surface area contributed by atoms with Crippen molar-refractivity contribution in [3.63, 3.8) is 0 Å². The average Bonchev–Trinajstić information content (AvgIpc) is 2.97. The normalized spacial score (nSPS) is 11.4. The molecule has 2 heterocycles. The van der Waals surface area contributed by atoms with Gasteiger partial charge >= 0.3 is 0 Å². The first-order chi connectivity index (χ1) is 10.7. The van der Waals surface area contributed by atoms with Crippen LogP contribution in [0, 0.1) is 51.7 Å². The molecule has 0 aliphatic rings. The summed E-state index contributed by atoms with van der Waals surface area (Å²) in [5.74, 6) is 0. The lowest BCUT2D eigenvalue weighted by atomic mass is 9.91. The van der Waals surface area contributed by atoms with Gasteiger partial charge in [0.2, 0.25) is 0 Å². The number of nitro benzene ring substituents is 1. The third kappa shape index (κ3) is 2.16. The van der Waals surface area contributed by atoms with Gasteiger partial charge in [-0.15, -0.1) is 11.3 Å². The molecule has 23 heavy (non-hydrogen) atoms. The molecule has 0 bridgehead atoms. The van der Waals surface area contributed by atoms with Crippen LogP contribution in [0.2, 0.25) is 0 Å². The van der Waals surface area contributed by atoms with Crippen LogP contribution in [0.25, 0.3) is 16.2 Å². The second-order valence-electron chi connectivity index (χ2n) is 6.00. The van der Waals surface area contributed by atoms with Crippen LogP contribution >= 0.6 is 11.3 Å². The van der Waals surface area contributed by atoms with Gasteiger partial charge in [-0.1, -0.05) is 0 Å². The molecule has 0 saturated carbocycles. The highest BCUT2D eigenvalue weighted by molar-refractivity contribution is 7.17. The Hall–Kier alpha value is -2.21. The Labute approximate surface area is 138 Å². The summed E-state index contributed by atoms with van der Waals surface area (Å²) < 4.78 is 2.06. The Morgan fingerprint density at radius 2 is 1.70 bits per heavy atom. The maximum Gasteiger partial charge on any atom is 0.276 e. The molecule has 0 atom stereocenters. The highest BCUT2D eigenvalue weighted by Gasteiger charge is 2.25. The molecule has 0 amide bonds. The molecule has 5 nitrogen and oxygen atoms in total. The first kappa shape index (κ1) is 15.7. The van der Waals surface area contributed by atoms with Gasteiger partial charge in [0.15, 0.2) is 4.96 Å². The molecular formula is C17H19N3O2S. The van der Waals surface area contributed by atoms with E-state index in [2.05, 4.69) is 18.2 Å². The number of rotatable bonds is 2. The SMILES string of the molecule is Cc1sc2nc(-c3c(C)c(C)c(C)c([N+](=O)[O-])c3C)cn2c1C. The van der Waals surface area contributed by atoms with Crippen molar-refractivity contribution in [2.45, 2.75) is 41.5 Å². The third-order valence-electron chi connectivity index (χ3n) is 4.81. The van der Waals surface area contributed by atoms with Crippen LogP contribution in [-0.2, 0) is 0 Å². The molecule has 0 unspecified atom stereocenters. The third-order valence-corrected chi connectivity index (χ3v) is 5.89. The fourth-order valence-electron chi connectivity index (χ4n) is 3.16. The summed E-state index contributed by atoms with van der Waals surface area (Å²) in [4.78, 5) is 18.1. The lowest BCUT2D eigenvalue weighted by Crippen LogP contribution is -2.03. The molecule has 0 N–H and O–H groups in total. The summed E-state index contributed by atoms with van der Waals surface area (Å²) in [6, 6.07) is 0. The van der Waals surface area contributed by atoms with E-state index in [0.29, 0.717) is 5.56 Å². The van der Waals surface area contributed by atoms with Gasteiger partial charge in [0.05, 0.1) is 10.6 Å².